The predicted molar refractivity (Wildman–Crippen MR) is 131 cm³/mol. The number of hydrogen-bond donors (Lipinski definition) is 2. The van der Waals surface area contributed by atoms with Crippen LogP contribution < -0.4 is 10.1 Å². The summed E-state index contributed by atoms with van der Waals surface area (Å²) in [6.45, 7) is 4.53. The first-order chi connectivity index (χ1) is 17.3. The van der Waals surface area contributed by atoms with Gasteiger partial charge in [0.1, 0.15) is 5.75 Å². The van der Waals surface area contributed by atoms with Gasteiger partial charge in [0, 0.05) is 44.8 Å². The van der Waals surface area contributed by atoms with Crippen molar-refractivity contribution < 1.29 is 41.0 Å². The number of amides is 1. The van der Waals surface area contributed by atoms with E-state index in [2.05, 4.69) is 5.32 Å². The molecule has 3 rings (SSSR count). The van der Waals surface area contributed by atoms with Gasteiger partial charge in [-0.2, -0.15) is 17.5 Å². The maximum atomic E-state index is 13.3. The first-order valence-electron chi connectivity index (χ1n) is 11.3. The highest BCUT2D eigenvalue weighted by Gasteiger charge is 2.38. The van der Waals surface area contributed by atoms with Gasteiger partial charge in [0.25, 0.3) is 5.91 Å². The number of ether oxygens (including phenoxy) is 1. The van der Waals surface area contributed by atoms with Crippen LogP contribution in [0.5, 0.6) is 5.75 Å². The molecule has 0 bridgehead atoms. The Balaban J connectivity index is 0.000000604. The zero-order valence-corrected chi connectivity index (χ0v) is 21.3. The number of halogens is 3. The number of sulfonamides is 1. The van der Waals surface area contributed by atoms with E-state index in [9.17, 15) is 26.4 Å². The lowest BCUT2D eigenvalue weighted by Gasteiger charge is -2.29. The zero-order valence-electron chi connectivity index (χ0n) is 20.5. The van der Waals surface area contributed by atoms with Crippen LogP contribution in [0.15, 0.2) is 48.5 Å². The third-order valence-corrected chi connectivity index (χ3v) is 7.35. The first-order valence-corrected chi connectivity index (χ1v) is 12.9. The van der Waals surface area contributed by atoms with E-state index in [4.69, 9.17) is 14.6 Å². The van der Waals surface area contributed by atoms with E-state index in [-0.39, 0.29) is 18.2 Å². The molecule has 0 unspecified atom stereocenters. The van der Waals surface area contributed by atoms with Gasteiger partial charge in [0.05, 0.1) is 12.9 Å². The van der Waals surface area contributed by atoms with Gasteiger partial charge in [-0.1, -0.05) is 30.3 Å². The number of alkyl halides is 3. The van der Waals surface area contributed by atoms with Crippen molar-refractivity contribution in [1.29, 1.82) is 0 Å². The van der Waals surface area contributed by atoms with Gasteiger partial charge in [0.2, 0.25) is 10.0 Å². The quantitative estimate of drug-likeness (QED) is 0.524. The van der Waals surface area contributed by atoms with Crippen LogP contribution in [-0.4, -0.2) is 86.4 Å². The zero-order chi connectivity index (χ0) is 27.6. The van der Waals surface area contributed by atoms with Gasteiger partial charge in [-0.15, -0.1) is 0 Å². The lowest BCUT2D eigenvalue weighted by Crippen LogP contribution is -2.48. The number of hydrogen-bond acceptors (Lipinski definition) is 6. The van der Waals surface area contributed by atoms with E-state index >= 15 is 0 Å². The molecule has 1 aliphatic rings. The predicted octanol–water partition coefficient (Wildman–Crippen LogP) is 2.51. The van der Waals surface area contributed by atoms with Crippen LogP contribution in [0.1, 0.15) is 21.5 Å². The second kappa shape index (κ2) is 13.4. The number of carbonyl (C=O) groups excluding carboxylic acids is 1. The van der Waals surface area contributed by atoms with E-state index in [1.807, 2.05) is 49.4 Å². The summed E-state index contributed by atoms with van der Waals surface area (Å²) < 4.78 is 64.1. The van der Waals surface area contributed by atoms with Gasteiger partial charge in [0.15, 0.2) is 0 Å². The molecule has 9 nitrogen and oxygen atoms in total. The Morgan fingerprint density at radius 2 is 1.73 bits per heavy atom. The SMILES string of the molecule is COc1cccc(CN(CCS(=O)(=O)N2CCNCC2)C(=O)c2ccccc2C)c1.O=C(O)C(F)(F)F. The van der Waals surface area contributed by atoms with Crippen molar-refractivity contribution in [3.63, 3.8) is 0 Å². The van der Waals surface area contributed by atoms with Crippen molar-refractivity contribution in [3.8, 4) is 5.75 Å². The number of aliphatic carboxylic acids is 1. The molecule has 0 aromatic heterocycles. The highest BCUT2D eigenvalue weighted by Crippen LogP contribution is 2.18. The van der Waals surface area contributed by atoms with E-state index in [1.54, 1.807) is 18.1 Å². The van der Waals surface area contributed by atoms with Crippen molar-refractivity contribution in [3.05, 3.63) is 65.2 Å². The molecular weight excluding hydrogens is 515 g/mol. The molecule has 0 saturated carbocycles. The summed E-state index contributed by atoms with van der Waals surface area (Å²) in [4.78, 5) is 23.8. The molecule has 0 radical (unpaired) electrons. The minimum atomic E-state index is -5.08. The minimum Gasteiger partial charge on any atom is -0.497 e. The van der Waals surface area contributed by atoms with E-state index in [0.717, 1.165) is 11.1 Å². The first kappa shape index (κ1) is 30.1. The van der Waals surface area contributed by atoms with Crippen LogP contribution in [0.3, 0.4) is 0 Å². The highest BCUT2D eigenvalue weighted by atomic mass is 32.2. The average molecular weight is 546 g/mol. The standard InChI is InChI=1S/C22H29N3O4S.C2HF3O2/c1-18-6-3-4-9-21(18)22(26)24(17-19-7-5-8-20(16-19)29-2)14-15-30(27,28)25-12-10-23-11-13-25;3-2(4,5)1(6)7/h3-9,16,23H,10-15,17H2,1-2H3;(H,6,7). The van der Waals surface area contributed by atoms with Crippen LogP contribution in [-0.2, 0) is 21.4 Å². The molecular formula is C24H30F3N3O6S. The normalized spacial score (nSPS) is 14.3. The fourth-order valence-electron chi connectivity index (χ4n) is 3.50. The molecule has 204 valence electrons. The number of piperazine rings is 1. The molecule has 1 saturated heterocycles. The van der Waals surface area contributed by atoms with Gasteiger partial charge >= 0.3 is 12.1 Å². The van der Waals surface area contributed by atoms with Crippen molar-refractivity contribution in [2.24, 2.45) is 0 Å². The maximum Gasteiger partial charge on any atom is 0.490 e. The van der Waals surface area contributed by atoms with Gasteiger partial charge in [-0.25, -0.2) is 13.2 Å². The lowest BCUT2D eigenvalue weighted by molar-refractivity contribution is -0.192. The molecule has 13 heteroatoms. The second-order valence-corrected chi connectivity index (χ2v) is 10.2. The second-order valence-electron chi connectivity index (χ2n) is 8.16. The Kier molecular flexibility index (Phi) is 10.9. The fourth-order valence-corrected chi connectivity index (χ4v) is 4.95. The fraction of sp³-hybridized carbons (Fsp3) is 0.417. The average Bonchev–Trinajstić information content (AvgIpc) is 2.87. The Morgan fingerprint density at radius 1 is 1.11 bits per heavy atom. The Hall–Kier alpha value is -3.16. The number of nitrogens with zero attached hydrogens (tertiary/aromatic N) is 2. The monoisotopic (exact) mass is 545 g/mol. The van der Waals surface area contributed by atoms with Gasteiger partial charge in [-0.05, 0) is 36.2 Å². The Labute approximate surface area is 213 Å². The molecule has 1 amide bonds. The minimum absolute atomic E-state index is 0.103. The van der Waals surface area contributed by atoms with E-state index in [1.165, 1.54) is 4.31 Å². The number of rotatable bonds is 8. The van der Waals surface area contributed by atoms with E-state index in [0.29, 0.717) is 44.0 Å². The number of carboxylic acids is 1. The Bertz CT molecular complexity index is 1170. The number of aryl methyl sites for hydroxylation is 1. The highest BCUT2D eigenvalue weighted by molar-refractivity contribution is 7.89. The molecule has 1 aliphatic heterocycles. The molecule has 2 aromatic carbocycles. The maximum absolute atomic E-state index is 13.3. The molecule has 1 fully saturated rings. The Morgan fingerprint density at radius 3 is 2.30 bits per heavy atom. The summed E-state index contributed by atoms with van der Waals surface area (Å²) in [5.74, 6) is -2.34. The van der Waals surface area contributed by atoms with Crippen LogP contribution >= 0.6 is 0 Å². The molecule has 2 N–H and O–H groups in total. The molecule has 2 aromatic rings. The summed E-state index contributed by atoms with van der Waals surface area (Å²) >= 11 is 0. The smallest absolute Gasteiger partial charge is 0.490 e. The summed E-state index contributed by atoms with van der Waals surface area (Å²) in [7, 11) is -1.84. The van der Waals surface area contributed by atoms with Crippen molar-refractivity contribution >= 4 is 21.9 Å². The van der Waals surface area contributed by atoms with Gasteiger partial charge < -0.3 is 20.1 Å². The van der Waals surface area contributed by atoms with Crippen molar-refractivity contribution in [2.75, 3.05) is 45.6 Å². The number of benzene rings is 2. The number of carboxylic acid groups (broad SMARTS) is 1. The molecule has 0 aliphatic carbocycles. The van der Waals surface area contributed by atoms with Crippen LogP contribution in [0.2, 0.25) is 0 Å². The van der Waals surface area contributed by atoms with Crippen LogP contribution in [0.25, 0.3) is 0 Å². The summed E-state index contributed by atoms with van der Waals surface area (Å²) in [5, 5.41) is 10.3. The summed E-state index contributed by atoms with van der Waals surface area (Å²) in [6, 6.07) is 14.8. The lowest BCUT2D eigenvalue weighted by atomic mass is 10.1. The largest absolute Gasteiger partial charge is 0.497 e. The number of carbonyl (C=O) groups is 2. The molecule has 1 heterocycles. The molecule has 0 spiro atoms. The van der Waals surface area contributed by atoms with Gasteiger partial charge in [-0.3, -0.25) is 4.79 Å². The topological polar surface area (TPSA) is 116 Å². The third kappa shape index (κ3) is 9.34. The van der Waals surface area contributed by atoms with E-state index < -0.39 is 22.2 Å². The number of nitrogens with one attached hydrogen (secondary N) is 1. The van der Waals surface area contributed by atoms with Crippen molar-refractivity contribution in [2.45, 2.75) is 19.6 Å². The third-order valence-electron chi connectivity index (χ3n) is 5.50. The summed E-state index contributed by atoms with van der Waals surface area (Å²) in [5.41, 5.74) is 2.33. The van der Waals surface area contributed by atoms with Crippen LogP contribution in [0, 0.1) is 6.92 Å². The van der Waals surface area contributed by atoms with Crippen LogP contribution in [0.4, 0.5) is 13.2 Å². The van der Waals surface area contributed by atoms with Crippen molar-refractivity contribution in [1.82, 2.24) is 14.5 Å². The number of methoxy groups -OCH3 is 1. The molecule has 0 atom stereocenters. The summed E-state index contributed by atoms with van der Waals surface area (Å²) in [6.07, 6.45) is -5.08. The molecule has 37 heavy (non-hydrogen) atoms.